The first-order chi connectivity index (χ1) is 13.4. The molecule has 0 unspecified atom stereocenters. The van der Waals surface area contributed by atoms with E-state index in [4.69, 9.17) is 4.42 Å². The first kappa shape index (κ1) is 19.5. The molecule has 0 aliphatic heterocycles. The summed E-state index contributed by atoms with van der Waals surface area (Å²) in [4.78, 5) is 20.2. The molecule has 0 saturated carbocycles. The number of rotatable bonds is 7. The molecule has 1 aromatic carbocycles. The van der Waals surface area contributed by atoms with Crippen molar-refractivity contribution in [3.05, 3.63) is 42.2 Å². The number of hydrogen-bond acceptors (Lipinski definition) is 6. The number of aromatic nitrogens is 2. The summed E-state index contributed by atoms with van der Waals surface area (Å²) in [7, 11) is 0. The lowest BCUT2D eigenvalue weighted by molar-refractivity contribution is -0.115. The lowest BCUT2D eigenvalue weighted by atomic mass is 10.2. The van der Waals surface area contributed by atoms with Gasteiger partial charge in [-0.15, -0.1) is 0 Å². The van der Waals surface area contributed by atoms with Crippen LogP contribution in [0.5, 0.6) is 0 Å². The Hall–Kier alpha value is -3.30. The molecule has 3 aromatic rings. The average Bonchev–Trinajstić information content (AvgIpc) is 3.13. The molecule has 0 aliphatic carbocycles. The molecule has 28 heavy (non-hydrogen) atoms. The van der Waals surface area contributed by atoms with Crippen molar-refractivity contribution in [3.63, 3.8) is 0 Å². The van der Waals surface area contributed by atoms with E-state index in [1.807, 2.05) is 6.92 Å². The lowest BCUT2D eigenvalue weighted by Crippen LogP contribution is -2.23. The Morgan fingerprint density at radius 3 is 2.57 bits per heavy atom. The number of amides is 1. The highest BCUT2D eigenvalue weighted by Crippen LogP contribution is 2.26. The Balaban J connectivity index is 1.77. The largest absolute Gasteiger partial charge is 0.459 e. The van der Waals surface area contributed by atoms with Crippen LogP contribution in [0.25, 0.3) is 11.1 Å². The maximum absolute atomic E-state index is 12.5. The monoisotopic (exact) mass is 393 g/mol. The van der Waals surface area contributed by atoms with Crippen molar-refractivity contribution in [2.75, 3.05) is 23.7 Å². The van der Waals surface area contributed by atoms with Gasteiger partial charge in [-0.05, 0) is 30.7 Å². The van der Waals surface area contributed by atoms with Gasteiger partial charge in [0.05, 0.1) is 6.26 Å². The number of nitrogens with one attached hydrogen (secondary N) is 3. The SMILES string of the molecule is CCCNC(=O)c1ccc(Nc2nc(NCC(F)(F)F)c3occc3n2)cc1. The third-order valence-corrected chi connectivity index (χ3v) is 3.70. The van der Waals surface area contributed by atoms with Gasteiger partial charge in [0.15, 0.2) is 11.4 Å². The predicted octanol–water partition coefficient (Wildman–Crippen LogP) is 4.08. The summed E-state index contributed by atoms with van der Waals surface area (Å²) < 4.78 is 42.7. The van der Waals surface area contributed by atoms with E-state index >= 15 is 0 Å². The van der Waals surface area contributed by atoms with Crippen molar-refractivity contribution < 1.29 is 22.4 Å². The number of anilines is 3. The van der Waals surface area contributed by atoms with Crippen LogP contribution in [0.4, 0.5) is 30.6 Å². The standard InChI is InChI=1S/C18H18F3N5O2/c1-2-8-22-16(27)11-3-5-12(6-4-11)24-17-25-13-7-9-28-14(13)15(26-17)23-10-18(19,20)21/h3-7,9H,2,8,10H2,1H3,(H,22,27)(H2,23,24,25,26). The number of halogens is 3. The van der Waals surface area contributed by atoms with Gasteiger partial charge in [0.2, 0.25) is 5.95 Å². The minimum atomic E-state index is -4.40. The fourth-order valence-electron chi connectivity index (χ4n) is 2.40. The number of nitrogens with zero attached hydrogens (tertiary/aromatic N) is 2. The second-order valence-electron chi connectivity index (χ2n) is 5.96. The van der Waals surface area contributed by atoms with Gasteiger partial charge >= 0.3 is 6.18 Å². The lowest BCUT2D eigenvalue weighted by Gasteiger charge is -2.11. The normalized spacial score (nSPS) is 11.4. The zero-order valence-electron chi connectivity index (χ0n) is 14.9. The third-order valence-electron chi connectivity index (χ3n) is 3.70. The molecule has 3 rings (SSSR count). The fraction of sp³-hybridized carbons (Fsp3) is 0.278. The van der Waals surface area contributed by atoms with Crippen LogP contribution in [0.15, 0.2) is 41.0 Å². The van der Waals surface area contributed by atoms with Crippen molar-refractivity contribution in [2.24, 2.45) is 0 Å². The molecule has 0 spiro atoms. The summed E-state index contributed by atoms with van der Waals surface area (Å²) in [5.74, 6) is -0.143. The van der Waals surface area contributed by atoms with E-state index in [1.165, 1.54) is 12.3 Å². The molecule has 0 atom stereocenters. The first-order valence-electron chi connectivity index (χ1n) is 8.57. The van der Waals surface area contributed by atoms with E-state index < -0.39 is 12.7 Å². The van der Waals surface area contributed by atoms with E-state index in [2.05, 4.69) is 25.9 Å². The molecule has 2 aromatic heterocycles. The number of benzene rings is 1. The Bertz CT molecular complexity index is 954. The zero-order valence-corrected chi connectivity index (χ0v) is 14.9. The second kappa shape index (κ2) is 8.15. The fourth-order valence-corrected chi connectivity index (χ4v) is 2.40. The smallest absolute Gasteiger partial charge is 0.405 e. The van der Waals surface area contributed by atoms with Crippen LogP contribution < -0.4 is 16.0 Å². The van der Waals surface area contributed by atoms with Crippen molar-refractivity contribution in [1.82, 2.24) is 15.3 Å². The van der Waals surface area contributed by atoms with Gasteiger partial charge in [0.25, 0.3) is 5.91 Å². The van der Waals surface area contributed by atoms with Gasteiger partial charge in [-0.3, -0.25) is 4.79 Å². The van der Waals surface area contributed by atoms with Crippen molar-refractivity contribution in [3.8, 4) is 0 Å². The highest BCUT2D eigenvalue weighted by molar-refractivity contribution is 5.94. The second-order valence-corrected chi connectivity index (χ2v) is 5.96. The number of alkyl halides is 3. The quantitative estimate of drug-likeness (QED) is 0.560. The van der Waals surface area contributed by atoms with Crippen molar-refractivity contribution >= 4 is 34.5 Å². The molecular weight excluding hydrogens is 375 g/mol. The summed E-state index contributed by atoms with van der Waals surface area (Å²) in [6.07, 6.45) is -2.23. The Labute approximate surface area is 158 Å². The van der Waals surface area contributed by atoms with Gasteiger partial charge in [0, 0.05) is 23.9 Å². The Kier molecular flexibility index (Phi) is 5.67. The van der Waals surface area contributed by atoms with Crippen LogP contribution in [0.3, 0.4) is 0 Å². The topological polar surface area (TPSA) is 92.1 Å². The van der Waals surface area contributed by atoms with Gasteiger partial charge in [-0.25, -0.2) is 4.98 Å². The van der Waals surface area contributed by atoms with Gasteiger partial charge < -0.3 is 20.4 Å². The molecule has 0 bridgehead atoms. The number of fused-ring (bicyclic) bond motifs is 1. The minimum absolute atomic E-state index is 0.0645. The molecule has 148 valence electrons. The minimum Gasteiger partial charge on any atom is -0.459 e. The highest BCUT2D eigenvalue weighted by atomic mass is 19.4. The van der Waals surface area contributed by atoms with E-state index in [0.29, 0.717) is 23.3 Å². The zero-order chi connectivity index (χ0) is 20.1. The highest BCUT2D eigenvalue weighted by Gasteiger charge is 2.27. The Morgan fingerprint density at radius 2 is 1.89 bits per heavy atom. The van der Waals surface area contributed by atoms with E-state index in [0.717, 1.165) is 6.42 Å². The van der Waals surface area contributed by atoms with Gasteiger partial charge in [-0.2, -0.15) is 18.2 Å². The summed E-state index contributed by atoms with van der Waals surface area (Å²) in [5.41, 5.74) is 1.57. The van der Waals surface area contributed by atoms with Crippen LogP contribution in [0, 0.1) is 0 Å². The van der Waals surface area contributed by atoms with Crippen LogP contribution >= 0.6 is 0 Å². The average molecular weight is 393 g/mol. The van der Waals surface area contributed by atoms with Crippen molar-refractivity contribution in [2.45, 2.75) is 19.5 Å². The maximum atomic E-state index is 12.5. The third kappa shape index (κ3) is 4.90. The number of carbonyl (C=O) groups excluding carboxylic acids is 1. The van der Waals surface area contributed by atoms with Gasteiger partial charge in [0.1, 0.15) is 12.1 Å². The van der Waals surface area contributed by atoms with E-state index in [1.54, 1.807) is 24.3 Å². The summed E-state index contributed by atoms with van der Waals surface area (Å²) in [5, 5.41) is 7.91. The molecule has 0 saturated heterocycles. The van der Waals surface area contributed by atoms with Gasteiger partial charge in [-0.1, -0.05) is 6.92 Å². The number of hydrogen-bond donors (Lipinski definition) is 3. The van der Waals surface area contributed by atoms with Crippen LogP contribution in [0.1, 0.15) is 23.7 Å². The van der Waals surface area contributed by atoms with Crippen molar-refractivity contribution in [1.29, 1.82) is 0 Å². The molecule has 0 aliphatic rings. The van der Waals surface area contributed by atoms with E-state index in [9.17, 15) is 18.0 Å². The summed E-state index contributed by atoms with van der Waals surface area (Å²) >= 11 is 0. The van der Waals surface area contributed by atoms with E-state index in [-0.39, 0.29) is 23.3 Å². The molecule has 3 N–H and O–H groups in total. The predicted molar refractivity (Wildman–Crippen MR) is 98.7 cm³/mol. The van der Waals surface area contributed by atoms with Crippen LogP contribution in [-0.4, -0.2) is 35.1 Å². The molecule has 7 nitrogen and oxygen atoms in total. The Morgan fingerprint density at radius 1 is 1.14 bits per heavy atom. The van der Waals surface area contributed by atoms with Crippen LogP contribution in [-0.2, 0) is 0 Å². The molecule has 10 heteroatoms. The molecule has 2 heterocycles. The summed E-state index contributed by atoms with van der Waals surface area (Å²) in [6.45, 7) is 1.30. The summed E-state index contributed by atoms with van der Waals surface area (Å²) in [6, 6.07) is 8.11. The number of furan rings is 1. The molecule has 1 amide bonds. The maximum Gasteiger partial charge on any atom is 0.405 e. The molecule has 0 fully saturated rings. The number of carbonyl (C=O) groups is 1. The first-order valence-corrected chi connectivity index (χ1v) is 8.57. The van der Waals surface area contributed by atoms with Crippen LogP contribution in [0.2, 0.25) is 0 Å². The molecular formula is C18H18F3N5O2. The molecule has 0 radical (unpaired) electrons.